The van der Waals surface area contributed by atoms with Crippen molar-refractivity contribution in [3.05, 3.63) is 95.0 Å². The maximum Gasteiger partial charge on any atom is 0.276 e. The third-order valence-corrected chi connectivity index (χ3v) is 4.35. The van der Waals surface area contributed by atoms with Crippen molar-refractivity contribution in [3.8, 4) is 11.5 Å². The van der Waals surface area contributed by atoms with E-state index in [2.05, 4.69) is 10.9 Å². The van der Waals surface area contributed by atoms with Gasteiger partial charge in [0.05, 0.1) is 6.61 Å². The van der Waals surface area contributed by atoms with E-state index in [1.54, 1.807) is 48.5 Å². The second-order valence-electron chi connectivity index (χ2n) is 6.36. The first-order chi connectivity index (χ1) is 14.6. The van der Waals surface area contributed by atoms with Crippen molar-refractivity contribution in [1.82, 2.24) is 10.9 Å². The highest BCUT2D eigenvalue weighted by atomic mass is 35.5. The molecule has 0 spiro atoms. The Morgan fingerprint density at radius 1 is 0.800 bits per heavy atom. The number of carbonyl (C=O) groups excluding carboxylic acids is 2. The molecule has 7 heteroatoms. The zero-order chi connectivity index (χ0) is 21.2. The summed E-state index contributed by atoms with van der Waals surface area (Å²) in [6.07, 6.45) is 0.765. The SMILES string of the molecule is O=C(COc1ccc(Cl)cc1)NNC(=O)c1cccc(OCCc2ccccc2)c1. The lowest BCUT2D eigenvalue weighted by Gasteiger charge is -2.10. The van der Waals surface area contributed by atoms with Crippen LogP contribution in [0.1, 0.15) is 15.9 Å². The third kappa shape index (κ3) is 6.83. The Hall–Kier alpha value is -3.51. The molecule has 0 heterocycles. The average molecular weight is 425 g/mol. The highest BCUT2D eigenvalue weighted by Crippen LogP contribution is 2.15. The molecule has 3 aromatic rings. The fourth-order valence-corrected chi connectivity index (χ4v) is 2.70. The third-order valence-electron chi connectivity index (χ3n) is 4.10. The summed E-state index contributed by atoms with van der Waals surface area (Å²) in [5.74, 6) is 0.133. The number of ether oxygens (including phenoxy) is 2. The maximum absolute atomic E-state index is 12.3. The lowest BCUT2D eigenvalue weighted by molar-refractivity contribution is -0.123. The predicted octanol–water partition coefficient (Wildman–Crippen LogP) is 3.80. The van der Waals surface area contributed by atoms with Crippen LogP contribution in [0, 0.1) is 0 Å². The summed E-state index contributed by atoms with van der Waals surface area (Å²) in [4.78, 5) is 24.1. The molecule has 0 atom stereocenters. The van der Waals surface area contributed by atoms with Gasteiger partial charge in [-0.2, -0.15) is 0 Å². The van der Waals surface area contributed by atoms with Gasteiger partial charge < -0.3 is 9.47 Å². The molecule has 0 radical (unpaired) electrons. The number of hydrazine groups is 1. The van der Waals surface area contributed by atoms with Gasteiger partial charge in [-0.15, -0.1) is 0 Å². The fraction of sp³-hybridized carbons (Fsp3) is 0.130. The summed E-state index contributed by atoms with van der Waals surface area (Å²) in [5.41, 5.74) is 6.22. The molecule has 2 amide bonds. The van der Waals surface area contributed by atoms with Gasteiger partial charge in [-0.1, -0.05) is 48.0 Å². The van der Waals surface area contributed by atoms with Gasteiger partial charge in [0, 0.05) is 17.0 Å². The molecule has 6 nitrogen and oxygen atoms in total. The van der Waals surface area contributed by atoms with Crippen molar-refractivity contribution in [1.29, 1.82) is 0 Å². The van der Waals surface area contributed by atoms with Crippen molar-refractivity contribution in [3.63, 3.8) is 0 Å². The van der Waals surface area contributed by atoms with Gasteiger partial charge >= 0.3 is 0 Å². The first kappa shape index (κ1) is 21.2. The van der Waals surface area contributed by atoms with Gasteiger partial charge in [0.25, 0.3) is 11.8 Å². The minimum absolute atomic E-state index is 0.245. The van der Waals surface area contributed by atoms with E-state index >= 15 is 0 Å². The zero-order valence-corrected chi connectivity index (χ0v) is 16.9. The van der Waals surface area contributed by atoms with Crippen LogP contribution in [0.4, 0.5) is 0 Å². The molecule has 0 fully saturated rings. The van der Waals surface area contributed by atoms with Crippen LogP contribution in [0.25, 0.3) is 0 Å². The molecule has 0 bridgehead atoms. The minimum Gasteiger partial charge on any atom is -0.493 e. The van der Waals surface area contributed by atoms with Crippen molar-refractivity contribution >= 4 is 23.4 Å². The summed E-state index contributed by atoms with van der Waals surface area (Å²) < 4.78 is 11.0. The molecule has 2 N–H and O–H groups in total. The van der Waals surface area contributed by atoms with Gasteiger partial charge in [0.2, 0.25) is 0 Å². The van der Waals surface area contributed by atoms with Crippen LogP contribution in [-0.4, -0.2) is 25.0 Å². The molecular weight excluding hydrogens is 404 g/mol. The van der Waals surface area contributed by atoms with E-state index in [9.17, 15) is 9.59 Å². The number of benzene rings is 3. The molecule has 0 aromatic heterocycles. The number of amides is 2. The molecule has 0 saturated carbocycles. The summed E-state index contributed by atoms with van der Waals surface area (Å²) in [6.45, 7) is 0.248. The first-order valence-corrected chi connectivity index (χ1v) is 9.72. The molecule has 0 aliphatic rings. The minimum atomic E-state index is -0.492. The van der Waals surface area contributed by atoms with Crippen LogP contribution in [0.3, 0.4) is 0 Å². The molecule has 0 aliphatic carbocycles. The molecule has 0 aliphatic heterocycles. The van der Waals surface area contributed by atoms with Crippen molar-refractivity contribution in [2.24, 2.45) is 0 Å². The van der Waals surface area contributed by atoms with Gasteiger partial charge in [-0.3, -0.25) is 20.4 Å². The van der Waals surface area contributed by atoms with Crippen molar-refractivity contribution < 1.29 is 19.1 Å². The maximum atomic E-state index is 12.3. The normalized spacial score (nSPS) is 10.2. The second kappa shape index (κ2) is 10.9. The van der Waals surface area contributed by atoms with E-state index in [0.29, 0.717) is 28.7 Å². The number of hydrogen-bond donors (Lipinski definition) is 2. The smallest absolute Gasteiger partial charge is 0.276 e. The molecule has 3 rings (SSSR count). The molecule has 0 saturated heterocycles. The van der Waals surface area contributed by atoms with Crippen LogP contribution < -0.4 is 20.3 Å². The molecule has 0 unspecified atom stereocenters. The number of hydrogen-bond acceptors (Lipinski definition) is 4. The fourth-order valence-electron chi connectivity index (χ4n) is 2.57. The largest absolute Gasteiger partial charge is 0.493 e. The van der Waals surface area contributed by atoms with E-state index in [1.165, 1.54) is 5.56 Å². The van der Waals surface area contributed by atoms with Crippen LogP contribution in [0.2, 0.25) is 5.02 Å². The molecule has 154 valence electrons. The van der Waals surface area contributed by atoms with Gasteiger partial charge in [-0.05, 0) is 48.0 Å². The lowest BCUT2D eigenvalue weighted by atomic mass is 10.2. The van der Waals surface area contributed by atoms with Crippen LogP contribution in [-0.2, 0) is 11.2 Å². The molecule has 30 heavy (non-hydrogen) atoms. The number of carbonyl (C=O) groups is 2. The van der Waals surface area contributed by atoms with E-state index in [4.69, 9.17) is 21.1 Å². The Morgan fingerprint density at radius 2 is 1.57 bits per heavy atom. The monoisotopic (exact) mass is 424 g/mol. The topological polar surface area (TPSA) is 76.7 Å². The van der Waals surface area contributed by atoms with Gasteiger partial charge in [0.15, 0.2) is 6.61 Å². The number of halogens is 1. The Morgan fingerprint density at radius 3 is 2.33 bits per heavy atom. The first-order valence-electron chi connectivity index (χ1n) is 9.34. The standard InChI is InChI=1S/C23H21ClN2O4/c24-19-9-11-20(12-10-19)30-16-22(27)25-26-23(28)18-7-4-8-21(15-18)29-14-13-17-5-2-1-3-6-17/h1-12,15H,13-14,16H2,(H,25,27)(H,26,28). The summed E-state index contributed by atoms with van der Waals surface area (Å²) in [7, 11) is 0. The quantitative estimate of drug-likeness (QED) is 0.539. The Balaban J connectivity index is 1.42. The van der Waals surface area contributed by atoms with Crippen molar-refractivity contribution in [2.45, 2.75) is 6.42 Å². The Labute approximate surface area is 179 Å². The van der Waals surface area contributed by atoms with Crippen LogP contribution >= 0.6 is 11.6 Å². The summed E-state index contributed by atoms with van der Waals surface area (Å²) >= 11 is 5.79. The van der Waals surface area contributed by atoms with Crippen LogP contribution in [0.15, 0.2) is 78.9 Å². The summed E-state index contributed by atoms with van der Waals surface area (Å²) in [5, 5.41) is 0.574. The van der Waals surface area contributed by atoms with E-state index in [1.807, 2.05) is 30.3 Å². The lowest BCUT2D eigenvalue weighted by Crippen LogP contribution is -2.43. The summed E-state index contributed by atoms with van der Waals surface area (Å²) in [6, 6.07) is 23.4. The van der Waals surface area contributed by atoms with Gasteiger partial charge in [0.1, 0.15) is 11.5 Å². The highest BCUT2D eigenvalue weighted by molar-refractivity contribution is 6.30. The van der Waals surface area contributed by atoms with E-state index in [0.717, 1.165) is 6.42 Å². The zero-order valence-electron chi connectivity index (χ0n) is 16.1. The van der Waals surface area contributed by atoms with Gasteiger partial charge in [-0.25, -0.2) is 0 Å². The Kier molecular flexibility index (Phi) is 7.69. The second-order valence-corrected chi connectivity index (χ2v) is 6.79. The van der Waals surface area contributed by atoms with Crippen LogP contribution in [0.5, 0.6) is 11.5 Å². The van der Waals surface area contributed by atoms with Crippen molar-refractivity contribution in [2.75, 3.05) is 13.2 Å². The predicted molar refractivity (Wildman–Crippen MR) is 115 cm³/mol. The van der Waals surface area contributed by atoms with E-state index in [-0.39, 0.29) is 6.61 Å². The van der Waals surface area contributed by atoms with E-state index < -0.39 is 11.8 Å². The molecular formula is C23H21ClN2O4. The average Bonchev–Trinajstić information content (AvgIpc) is 2.78. The highest BCUT2D eigenvalue weighted by Gasteiger charge is 2.09. The number of rotatable bonds is 8. The molecule has 3 aromatic carbocycles. The Bertz CT molecular complexity index is 978. The number of nitrogens with one attached hydrogen (secondary N) is 2.